The van der Waals surface area contributed by atoms with E-state index in [2.05, 4.69) is 50.2 Å². The fourth-order valence-electron chi connectivity index (χ4n) is 2.96. The van der Waals surface area contributed by atoms with Crippen molar-refractivity contribution in [1.29, 1.82) is 0 Å². The van der Waals surface area contributed by atoms with Gasteiger partial charge in [0.15, 0.2) is 5.96 Å². The summed E-state index contributed by atoms with van der Waals surface area (Å²) in [6, 6.07) is 0.352. The first-order valence-corrected chi connectivity index (χ1v) is 9.08. The van der Waals surface area contributed by atoms with Crippen LogP contribution in [0, 0.1) is 19.3 Å². The minimum absolute atomic E-state index is 0.0618. The van der Waals surface area contributed by atoms with E-state index in [1.807, 2.05) is 6.92 Å². The number of hydrogen-bond donors (Lipinski definition) is 2. The number of nitrogens with zero attached hydrogens (tertiary/aromatic N) is 2. The average molecular weight is 339 g/mol. The normalized spacial score (nSPS) is 26.7. The summed E-state index contributed by atoms with van der Waals surface area (Å²) in [6.07, 6.45) is 0.983. The molecule has 130 valence electrons. The number of hydrogen-bond acceptors (Lipinski definition) is 4. The molecule has 0 bridgehead atoms. The molecule has 1 aliphatic carbocycles. The molecule has 0 aliphatic heterocycles. The highest BCUT2D eigenvalue weighted by Gasteiger charge is 2.58. The first-order valence-electron chi connectivity index (χ1n) is 8.26. The number of guanidine groups is 1. The summed E-state index contributed by atoms with van der Waals surface area (Å²) in [5, 5.41) is 7.95. The van der Waals surface area contributed by atoms with E-state index in [-0.39, 0.29) is 11.0 Å². The summed E-state index contributed by atoms with van der Waals surface area (Å²) < 4.78 is 5.70. The van der Waals surface area contributed by atoms with Crippen LogP contribution < -0.4 is 10.6 Å². The van der Waals surface area contributed by atoms with Gasteiger partial charge in [-0.1, -0.05) is 13.8 Å². The molecule has 1 fully saturated rings. The monoisotopic (exact) mass is 338 g/mol. The van der Waals surface area contributed by atoms with Gasteiger partial charge >= 0.3 is 0 Å². The zero-order valence-electron chi connectivity index (χ0n) is 15.4. The third-order valence-corrected chi connectivity index (χ3v) is 6.44. The van der Waals surface area contributed by atoms with Crippen molar-refractivity contribution in [3.8, 4) is 0 Å². The van der Waals surface area contributed by atoms with E-state index < -0.39 is 0 Å². The lowest BCUT2D eigenvalue weighted by molar-refractivity contribution is -0.176. The highest BCUT2D eigenvalue weighted by Crippen LogP contribution is 2.51. The van der Waals surface area contributed by atoms with Crippen molar-refractivity contribution in [3.63, 3.8) is 0 Å². The second kappa shape index (κ2) is 6.77. The number of ether oxygens (including phenoxy) is 1. The Hall–Kier alpha value is -1.14. The summed E-state index contributed by atoms with van der Waals surface area (Å²) in [4.78, 5) is 10.5. The minimum Gasteiger partial charge on any atom is -0.378 e. The number of methoxy groups -OCH3 is 1. The Labute approximate surface area is 144 Å². The molecular formula is C17H30N4OS. The minimum atomic E-state index is -0.0779. The Bertz CT molecular complexity index is 562. The summed E-state index contributed by atoms with van der Waals surface area (Å²) in [5.74, 6) is 0.856. The lowest BCUT2D eigenvalue weighted by Crippen LogP contribution is -2.69. The maximum Gasteiger partial charge on any atom is 0.191 e. The van der Waals surface area contributed by atoms with Crippen molar-refractivity contribution in [3.05, 3.63) is 15.6 Å². The summed E-state index contributed by atoms with van der Waals surface area (Å²) in [6.45, 7) is 14.4. The number of nitrogens with one attached hydrogen (secondary N) is 2. The maximum atomic E-state index is 5.70. The van der Waals surface area contributed by atoms with E-state index in [0.717, 1.165) is 29.6 Å². The Kier molecular flexibility index (Phi) is 5.36. The van der Waals surface area contributed by atoms with E-state index in [1.165, 1.54) is 4.88 Å². The molecule has 2 atom stereocenters. The number of aliphatic imine (C=N–C) groups is 1. The molecule has 5 nitrogen and oxygen atoms in total. The Morgan fingerprint density at radius 3 is 2.57 bits per heavy atom. The first-order chi connectivity index (χ1) is 10.7. The average Bonchev–Trinajstić information content (AvgIpc) is 2.82. The zero-order valence-corrected chi connectivity index (χ0v) is 16.2. The van der Waals surface area contributed by atoms with Gasteiger partial charge in [0.25, 0.3) is 0 Å². The van der Waals surface area contributed by atoms with Crippen LogP contribution in [0.1, 0.15) is 49.7 Å². The fraction of sp³-hybridized carbons (Fsp3) is 0.765. The van der Waals surface area contributed by atoms with Gasteiger partial charge in [-0.3, -0.25) is 0 Å². The first kappa shape index (κ1) is 18.2. The second-order valence-corrected chi connectivity index (χ2v) is 8.29. The largest absolute Gasteiger partial charge is 0.378 e. The van der Waals surface area contributed by atoms with E-state index in [0.29, 0.717) is 12.6 Å². The molecule has 0 spiro atoms. The molecule has 6 heteroatoms. The molecule has 2 unspecified atom stereocenters. The third-order valence-electron chi connectivity index (χ3n) is 5.38. The van der Waals surface area contributed by atoms with Crippen molar-refractivity contribution in [2.45, 2.75) is 66.2 Å². The number of thiazole rings is 1. The molecule has 0 amide bonds. The van der Waals surface area contributed by atoms with Gasteiger partial charge < -0.3 is 15.4 Å². The van der Waals surface area contributed by atoms with Crippen molar-refractivity contribution < 1.29 is 4.74 Å². The highest BCUT2D eigenvalue weighted by molar-refractivity contribution is 7.11. The summed E-state index contributed by atoms with van der Waals surface area (Å²) in [7, 11) is 1.80. The third kappa shape index (κ3) is 3.53. The van der Waals surface area contributed by atoms with Crippen LogP contribution in [-0.4, -0.2) is 36.2 Å². The maximum absolute atomic E-state index is 5.70. The van der Waals surface area contributed by atoms with Crippen LogP contribution in [0.4, 0.5) is 0 Å². The summed E-state index contributed by atoms with van der Waals surface area (Å²) in [5.41, 5.74) is 1.09. The standard InChI is InChI=1S/C17H30N4OS/c1-8-18-15(19-10-14-20-11(2)12(3)23-14)21-13-9-17(6,22-7)16(13,4)5/h13H,8-10H2,1-7H3,(H2,18,19,21). The molecule has 0 radical (unpaired) electrons. The van der Waals surface area contributed by atoms with E-state index >= 15 is 0 Å². The molecule has 1 aliphatic rings. The van der Waals surface area contributed by atoms with Gasteiger partial charge in [0, 0.05) is 30.0 Å². The SMILES string of the molecule is CCNC(=NCc1nc(C)c(C)s1)NC1CC(C)(OC)C1(C)C. The quantitative estimate of drug-likeness (QED) is 0.640. The highest BCUT2D eigenvalue weighted by atomic mass is 32.1. The fourth-order valence-corrected chi connectivity index (χ4v) is 3.82. The van der Waals surface area contributed by atoms with Crippen molar-refractivity contribution in [2.24, 2.45) is 10.4 Å². The van der Waals surface area contributed by atoms with E-state index in [1.54, 1.807) is 18.4 Å². The van der Waals surface area contributed by atoms with Crippen LogP contribution in [0.3, 0.4) is 0 Å². The van der Waals surface area contributed by atoms with E-state index in [4.69, 9.17) is 9.73 Å². The molecule has 2 N–H and O–H groups in total. The predicted octanol–water partition coefficient (Wildman–Crippen LogP) is 3.02. The van der Waals surface area contributed by atoms with E-state index in [9.17, 15) is 0 Å². The molecule has 2 rings (SSSR count). The second-order valence-electron chi connectivity index (χ2n) is 7.00. The van der Waals surface area contributed by atoms with Crippen LogP contribution in [0.25, 0.3) is 0 Å². The number of aryl methyl sites for hydroxylation is 2. The van der Waals surface area contributed by atoms with Crippen molar-refractivity contribution in [1.82, 2.24) is 15.6 Å². The lowest BCUT2D eigenvalue weighted by Gasteiger charge is -2.59. The van der Waals surface area contributed by atoms with Gasteiger partial charge in [0.1, 0.15) is 5.01 Å². The van der Waals surface area contributed by atoms with Gasteiger partial charge in [-0.15, -0.1) is 11.3 Å². The van der Waals surface area contributed by atoms with Crippen LogP contribution >= 0.6 is 11.3 Å². The molecule has 23 heavy (non-hydrogen) atoms. The summed E-state index contributed by atoms with van der Waals surface area (Å²) >= 11 is 1.72. The van der Waals surface area contributed by atoms with Crippen LogP contribution in [0.5, 0.6) is 0 Å². The molecule has 1 saturated carbocycles. The molecule has 0 saturated heterocycles. The topological polar surface area (TPSA) is 58.5 Å². The zero-order chi connectivity index (χ0) is 17.3. The van der Waals surface area contributed by atoms with Gasteiger partial charge in [-0.2, -0.15) is 0 Å². The van der Waals surface area contributed by atoms with Crippen LogP contribution in [0.15, 0.2) is 4.99 Å². The Morgan fingerprint density at radius 1 is 1.39 bits per heavy atom. The van der Waals surface area contributed by atoms with Gasteiger partial charge in [0.2, 0.25) is 0 Å². The van der Waals surface area contributed by atoms with Crippen LogP contribution in [-0.2, 0) is 11.3 Å². The van der Waals surface area contributed by atoms with Crippen molar-refractivity contribution in [2.75, 3.05) is 13.7 Å². The predicted molar refractivity (Wildman–Crippen MR) is 97.1 cm³/mol. The molecule has 1 aromatic heterocycles. The lowest BCUT2D eigenvalue weighted by atomic mass is 9.56. The molecular weight excluding hydrogens is 308 g/mol. The molecule has 0 aromatic carbocycles. The van der Waals surface area contributed by atoms with Gasteiger partial charge in [0.05, 0.1) is 17.8 Å². The Morgan fingerprint density at radius 2 is 2.09 bits per heavy atom. The van der Waals surface area contributed by atoms with Crippen LogP contribution in [0.2, 0.25) is 0 Å². The molecule has 1 heterocycles. The smallest absolute Gasteiger partial charge is 0.191 e. The van der Waals surface area contributed by atoms with Gasteiger partial charge in [-0.05, 0) is 34.1 Å². The Balaban J connectivity index is 2.03. The van der Waals surface area contributed by atoms with Gasteiger partial charge in [-0.25, -0.2) is 9.98 Å². The number of rotatable bonds is 5. The number of aromatic nitrogens is 1. The van der Waals surface area contributed by atoms with Crippen molar-refractivity contribution >= 4 is 17.3 Å². The molecule has 1 aromatic rings.